The zero-order valence-electron chi connectivity index (χ0n) is 20.6. The Morgan fingerprint density at radius 2 is 1.89 bits per heavy atom. The van der Waals surface area contributed by atoms with E-state index in [-0.39, 0.29) is 36.4 Å². The maximum Gasteiger partial charge on any atom is 0.322 e. The van der Waals surface area contributed by atoms with Gasteiger partial charge in [-0.15, -0.1) is 11.3 Å². The lowest BCUT2D eigenvalue weighted by molar-refractivity contribution is -0.135. The van der Waals surface area contributed by atoms with Gasteiger partial charge in [0, 0.05) is 42.8 Å². The van der Waals surface area contributed by atoms with Crippen LogP contribution in [0.4, 0.5) is 14.9 Å². The summed E-state index contributed by atoms with van der Waals surface area (Å²) in [5.41, 5.74) is 3.93. The maximum atomic E-state index is 14.1. The van der Waals surface area contributed by atoms with Gasteiger partial charge in [-0.05, 0) is 67.1 Å². The minimum atomic E-state index is -0.269. The Balaban J connectivity index is 1.24. The molecule has 3 aromatic rings. The second-order valence-electron chi connectivity index (χ2n) is 9.66. The lowest BCUT2D eigenvalue weighted by Gasteiger charge is -2.41. The van der Waals surface area contributed by atoms with E-state index in [2.05, 4.69) is 21.7 Å². The number of carbonyl (C=O) groups excluding carboxylic acids is 2. The summed E-state index contributed by atoms with van der Waals surface area (Å²) in [5.74, 6) is -0.226. The SMILES string of the molecule is Cc1ccc(NC(=O)N2CCN(C(=O)CN3CCc4sccc4[C@@H]3c3cccc(F)c3)C[C@@H]2C)cc1. The van der Waals surface area contributed by atoms with Crippen LogP contribution in [0.15, 0.2) is 60.0 Å². The Labute approximate surface area is 215 Å². The first-order valence-electron chi connectivity index (χ1n) is 12.4. The molecule has 5 rings (SSSR count). The first kappa shape index (κ1) is 24.5. The fourth-order valence-electron chi connectivity index (χ4n) is 5.20. The smallest absolute Gasteiger partial charge is 0.322 e. The zero-order chi connectivity index (χ0) is 25.2. The fourth-order valence-corrected chi connectivity index (χ4v) is 6.10. The standard InChI is InChI=1S/C28H31FN4O2S/c1-19-6-8-23(9-7-19)30-28(35)33-14-13-31(17-20(33)2)26(34)18-32-12-10-25-24(11-15-36-25)27(32)21-4-3-5-22(29)16-21/h3-9,11,15-16,20,27H,10,12-14,17-18H2,1-2H3,(H,30,35)/t20-,27-/m0/s1. The molecule has 2 aromatic carbocycles. The average molecular weight is 507 g/mol. The molecule has 6 nitrogen and oxygen atoms in total. The van der Waals surface area contributed by atoms with Crippen molar-refractivity contribution in [1.29, 1.82) is 0 Å². The van der Waals surface area contributed by atoms with Crippen molar-refractivity contribution >= 4 is 29.0 Å². The Morgan fingerprint density at radius 1 is 1.08 bits per heavy atom. The number of nitrogens with zero attached hydrogens (tertiary/aromatic N) is 3. The Bertz CT molecular complexity index is 1240. The molecule has 1 fully saturated rings. The number of hydrogen-bond acceptors (Lipinski definition) is 4. The predicted octanol–water partition coefficient (Wildman–Crippen LogP) is 4.91. The van der Waals surface area contributed by atoms with Crippen LogP contribution in [-0.4, -0.2) is 65.4 Å². The number of rotatable bonds is 4. The third-order valence-electron chi connectivity index (χ3n) is 7.11. The number of halogens is 1. The van der Waals surface area contributed by atoms with E-state index in [9.17, 15) is 14.0 Å². The minimum absolute atomic E-state index is 0.0422. The highest BCUT2D eigenvalue weighted by molar-refractivity contribution is 7.10. The number of nitrogens with one attached hydrogen (secondary N) is 1. The van der Waals surface area contributed by atoms with Crippen molar-refractivity contribution in [3.63, 3.8) is 0 Å². The van der Waals surface area contributed by atoms with Crippen LogP contribution in [0.2, 0.25) is 0 Å². The summed E-state index contributed by atoms with van der Waals surface area (Å²) in [6, 6.07) is 16.1. The molecule has 3 amide bonds. The van der Waals surface area contributed by atoms with Crippen molar-refractivity contribution in [1.82, 2.24) is 14.7 Å². The van der Waals surface area contributed by atoms with Crippen LogP contribution >= 0.6 is 11.3 Å². The molecular weight excluding hydrogens is 475 g/mol. The molecule has 36 heavy (non-hydrogen) atoms. The van der Waals surface area contributed by atoms with E-state index in [1.807, 2.05) is 49.1 Å². The number of carbonyl (C=O) groups is 2. The van der Waals surface area contributed by atoms with E-state index < -0.39 is 0 Å². The molecule has 188 valence electrons. The summed E-state index contributed by atoms with van der Waals surface area (Å²) < 4.78 is 14.1. The van der Waals surface area contributed by atoms with E-state index >= 15 is 0 Å². The molecule has 8 heteroatoms. The molecule has 1 aromatic heterocycles. The monoisotopic (exact) mass is 506 g/mol. The molecule has 0 spiro atoms. The van der Waals surface area contributed by atoms with Gasteiger partial charge in [0.2, 0.25) is 5.91 Å². The number of fused-ring (bicyclic) bond motifs is 1. The van der Waals surface area contributed by atoms with Crippen LogP contribution < -0.4 is 5.32 Å². The molecule has 0 unspecified atom stereocenters. The van der Waals surface area contributed by atoms with Crippen molar-refractivity contribution in [2.75, 3.05) is 38.0 Å². The van der Waals surface area contributed by atoms with E-state index in [1.165, 1.54) is 10.9 Å². The van der Waals surface area contributed by atoms with Gasteiger partial charge in [-0.2, -0.15) is 0 Å². The van der Waals surface area contributed by atoms with Crippen molar-refractivity contribution < 1.29 is 14.0 Å². The molecular formula is C28H31FN4O2S. The zero-order valence-corrected chi connectivity index (χ0v) is 21.4. The number of amides is 3. The Morgan fingerprint density at radius 3 is 2.64 bits per heavy atom. The molecule has 2 atom stereocenters. The van der Waals surface area contributed by atoms with Gasteiger partial charge in [0.15, 0.2) is 0 Å². The third-order valence-corrected chi connectivity index (χ3v) is 8.11. The first-order chi connectivity index (χ1) is 17.4. The van der Waals surface area contributed by atoms with Crippen molar-refractivity contribution in [3.05, 3.63) is 87.4 Å². The van der Waals surface area contributed by atoms with E-state index in [0.29, 0.717) is 19.6 Å². The second-order valence-corrected chi connectivity index (χ2v) is 10.7. The maximum absolute atomic E-state index is 14.1. The predicted molar refractivity (Wildman–Crippen MR) is 141 cm³/mol. The highest BCUT2D eigenvalue weighted by atomic mass is 32.1. The van der Waals surface area contributed by atoms with Crippen LogP contribution in [0, 0.1) is 12.7 Å². The van der Waals surface area contributed by atoms with Crippen molar-refractivity contribution in [3.8, 4) is 0 Å². The summed E-state index contributed by atoms with van der Waals surface area (Å²) in [6.45, 7) is 6.45. The Kier molecular flexibility index (Phi) is 7.07. The number of anilines is 1. The molecule has 2 aliphatic rings. The second kappa shape index (κ2) is 10.4. The molecule has 2 aliphatic heterocycles. The summed E-state index contributed by atoms with van der Waals surface area (Å²) in [4.78, 5) is 33.4. The number of hydrogen-bond donors (Lipinski definition) is 1. The van der Waals surface area contributed by atoms with Gasteiger partial charge in [0.05, 0.1) is 12.6 Å². The summed E-state index contributed by atoms with van der Waals surface area (Å²) in [7, 11) is 0. The topological polar surface area (TPSA) is 55.9 Å². The molecule has 1 N–H and O–H groups in total. The van der Waals surface area contributed by atoms with Gasteiger partial charge < -0.3 is 15.1 Å². The van der Waals surface area contributed by atoms with Crippen LogP contribution in [0.5, 0.6) is 0 Å². The number of aryl methyl sites for hydroxylation is 1. The van der Waals surface area contributed by atoms with E-state index in [0.717, 1.165) is 35.3 Å². The number of piperazine rings is 1. The first-order valence-corrected chi connectivity index (χ1v) is 13.2. The lowest BCUT2D eigenvalue weighted by atomic mass is 9.93. The number of benzene rings is 2. The molecule has 0 saturated carbocycles. The molecule has 0 radical (unpaired) electrons. The average Bonchev–Trinajstić information content (AvgIpc) is 3.34. The van der Waals surface area contributed by atoms with Crippen LogP contribution in [0.3, 0.4) is 0 Å². The summed E-state index contributed by atoms with van der Waals surface area (Å²) in [6.07, 6.45) is 0.884. The van der Waals surface area contributed by atoms with Crippen LogP contribution in [-0.2, 0) is 11.2 Å². The lowest BCUT2D eigenvalue weighted by Crippen LogP contribution is -2.58. The van der Waals surface area contributed by atoms with E-state index in [4.69, 9.17) is 0 Å². The van der Waals surface area contributed by atoms with Gasteiger partial charge in [-0.1, -0.05) is 29.8 Å². The molecule has 3 heterocycles. The molecule has 0 aliphatic carbocycles. The van der Waals surface area contributed by atoms with Gasteiger partial charge in [-0.25, -0.2) is 9.18 Å². The van der Waals surface area contributed by atoms with Gasteiger partial charge in [0.1, 0.15) is 5.82 Å². The molecule has 0 bridgehead atoms. The fraction of sp³-hybridized carbons (Fsp3) is 0.357. The van der Waals surface area contributed by atoms with Crippen molar-refractivity contribution in [2.45, 2.75) is 32.4 Å². The Hall–Kier alpha value is -3.23. The van der Waals surface area contributed by atoms with Crippen LogP contribution in [0.1, 0.15) is 34.5 Å². The van der Waals surface area contributed by atoms with Gasteiger partial charge in [-0.3, -0.25) is 9.69 Å². The normalized spacial score (nSPS) is 20.2. The van der Waals surface area contributed by atoms with Crippen molar-refractivity contribution in [2.24, 2.45) is 0 Å². The third kappa shape index (κ3) is 5.15. The highest BCUT2D eigenvalue weighted by Gasteiger charge is 2.34. The van der Waals surface area contributed by atoms with Gasteiger partial charge >= 0.3 is 6.03 Å². The largest absolute Gasteiger partial charge is 0.338 e. The van der Waals surface area contributed by atoms with Crippen LogP contribution in [0.25, 0.3) is 0 Å². The number of thiophene rings is 1. The van der Waals surface area contributed by atoms with Gasteiger partial charge in [0.25, 0.3) is 0 Å². The van der Waals surface area contributed by atoms with E-state index in [1.54, 1.807) is 28.4 Å². The number of urea groups is 1. The molecule has 1 saturated heterocycles. The minimum Gasteiger partial charge on any atom is -0.338 e. The highest BCUT2D eigenvalue weighted by Crippen LogP contribution is 2.37. The quantitative estimate of drug-likeness (QED) is 0.547. The summed E-state index contributed by atoms with van der Waals surface area (Å²) in [5, 5.41) is 5.03. The summed E-state index contributed by atoms with van der Waals surface area (Å²) >= 11 is 1.72.